The van der Waals surface area contributed by atoms with Gasteiger partial charge in [-0.15, -0.1) is 0 Å². The van der Waals surface area contributed by atoms with Crippen LogP contribution in [-0.4, -0.2) is 15.3 Å². The molecule has 0 spiro atoms. The molecule has 1 rings (SSSR count). The SMILES string of the molecule is CCn1ccc(CCC(C)(C)N)n1. The summed E-state index contributed by atoms with van der Waals surface area (Å²) in [5.74, 6) is 0. The molecule has 3 nitrogen and oxygen atoms in total. The normalized spacial score (nSPS) is 12.0. The van der Waals surface area contributed by atoms with Gasteiger partial charge in [-0.25, -0.2) is 0 Å². The monoisotopic (exact) mass is 181 g/mol. The summed E-state index contributed by atoms with van der Waals surface area (Å²) in [6.45, 7) is 7.11. The average Bonchev–Trinajstić information content (AvgIpc) is 2.47. The first-order valence-corrected chi connectivity index (χ1v) is 4.82. The number of aromatic nitrogens is 2. The third-order valence-electron chi connectivity index (χ3n) is 2.05. The first-order valence-electron chi connectivity index (χ1n) is 4.82. The Bertz CT molecular complexity index is 257. The molecule has 0 radical (unpaired) electrons. The molecule has 0 saturated carbocycles. The van der Waals surface area contributed by atoms with Crippen LogP contribution in [0.5, 0.6) is 0 Å². The summed E-state index contributed by atoms with van der Waals surface area (Å²) in [6.07, 6.45) is 3.96. The molecule has 74 valence electrons. The molecule has 1 aromatic heterocycles. The molecule has 2 N–H and O–H groups in total. The molecule has 0 amide bonds. The van der Waals surface area contributed by atoms with Crippen molar-refractivity contribution in [2.24, 2.45) is 5.73 Å². The first-order chi connectivity index (χ1) is 6.01. The molecule has 3 heteroatoms. The van der Waals surface area contributed by atoms with Gasteiger partial charge in [-0.2, -0.15) is 5.10 Å². The largest absolute Gasteiger partial charge is 0.326 e. The van der Waals surface area contributed by atoms with E-state index < -0.39 is 0 Å². The van der Waals surface area contributed by atoms with Gasteiger partial charge < -0.3 is 5.73 Å². The molecule has 0 aliphatic rings. The van der Waals surface area contributed by atoms with Gasteiger partial charge in [-0.3, -0.25) is 4.68 Å². The maximum absolute atomic E-state index is 5.89. The van der Waals surface area contributed by atoms with Gasteiger partial charge in [-0.1, -0.05) is 0 Å². The van der Waals surface area contributed by atoms with Crippen molar-refractivity contribution in [1.82, 2.24) is 9.78 Å². The lowest BCUT2D eigenvalue weighted by atomic mass is 9.99. The Morgan fingerprint density at radius 3 is 2.69 bits per heavy atom. The third kappa shape index (κ3) is 3.59. The minimum atomic E-state index is -0.0873. The number of nitrogens with two attached hydrogens (primary N) is 1. The number of nitrogens with zero attached hydrogens (tertiary/aromatic N) is 2. The summed E-state index contributed by atoms with van der Waals surface area (Å²) >= 11 is 0. The van der Waals surface area contributed by atoms with Crippen LogP contribution in [0.2, 0.25) is 0 Å². The second kappa shape index (κ2) is 3.92. The van der Waals surface area contributed by atoms with E-state index >= 15 is 0 Å². The highest BCUT2D eigenvalue weighted by Gasteiger charge is 2.11. The average molecular weight is 181 g/mol. The lowest BCUT2D eigenvalue weighted by Crippen LogP contribution is -2.32. The van der Waals surface area contributed by atoms with Crippen molar-refractivity contribution in [2.75, 3.05) is 0 Å². The van der Waals surface area contributed by atoms with E-state index in [1.165, 1.54) is 0 Å². The van der Waals surface area contributed by atoms with Gasteiger partial charge in [0.2, 0.25) is 0 Å². The molecule has 0 saturated heterocycles. The molecule has 0 unspecified atom stereocenters. The van der Waals surface area contributed by atoms with Gasteiger partial charge in [0.25, 0.3) is 0 Å². The quantitative estimate of drug-likeness (QED) is 0.766. The lowest BCUT2D eigenvalue weighted by molar-refractivity contribution is 0.472. The molecule has 0 atom stereocenters. The fourth-order valence-corrected chi connectivity index (χ4v) is 1.16. The minimum absolute atomic E-state index is 0.0873. The van der Waals surface area contributed by atoms with E-state index in [1.807, 2.05) is 24.7 Å². The molecular weight excluding hydrogens is 162 g/mol. The molecule has 0 bridgehead atoms. The van der Waals surface area contributed by atoms with Gasteiger partial charge in [0, 0.05) is 18.3 Å². The number of aryl methyl sites for hydroxylation is 2. The Labute approximate surface area is 79.9 Å². The van der Waals surface area contributed by atoms with Crippen LogP contribution in [0.1, 0.15) is 32.9 Å². The Morgan fingerprint density at radius 2 is 2.23 bits per heavy atom. The van der Waals surface area contributed by atoms with Crippen molar-refractivity contribution in [3.05, 3.63) is 18.0 Å². The molecule has 0 aliphatic carbocycles. The van der Waals surface area contributed by atoms with Crippen LogP contribution in [0.25, 0.3) is 0 Å². The van der Waals surface area contributed by atoms with Crippen LogP contribution in [0.15, 0.2) is 12.3 Å². The van der Waals surface area contributed by atoms with Crippen molar-refractivity contribution >= 4 is 0 Å². The Hall–Kier alpha value is -0.830. The maximum Gasteiger partial charge on any atom is 0.0625 e. The fraction of sp³-hybridized carbons (Fsp3) is 0.700. The molecule has 0 aromatic carbocycles. The smallest absolute Gasteiger partial charge is 0.0625 e. The standard InChI is InChI=1S/C10H19N3/c1-4-13-8-6-9(12-13)5-7-10(2,3)11/h6,8H,4-5,7,11H2,1-3H3. The van der Waals surface area contributed by atoms with E-state index in [0.29, 0.717) is 0 Å². The van der Waals surface area contributed by atoms with Gasteiger partial charge in [0.1, 0.15) is 0 Å². The van der Waals surface area contributed by atoms with E-state index in [-0.39, 0.29) is 5.54 Å². The Morgan fingerprint density at radius 1 is 1.54 bits per heavy atom. The van der Waals surface area contributed by atoms with Crippen LogP contribution in [-0.2, 0) is 13.0 Å². The van der Waals surface area contributed by atoms with Crippen molar-refractivity contribution in [1.29, 1.82) is 0 Å². The summed E-state index contributed by atoms with van der Waals surface area (Å²) in [4.78, 5) is 0. The van der Waals surface area contributed by atoms with Gasteiger partial charge in [0.05, 0.1) is 5.69 Å². The number of hydrogen-bond acceptors (Lipinski definition) is 2. The number of hydrogen-bond donors (Lipinski definition) is 1. The van der Waals surface area contributed by atoms with E-state index in [4.69, 9.17) is 5.73 Å². The molecule has 1 aromatic rings. The van der Waals surface area contributed by atoms with Crippen LogP contribution >= 0.6 is 0 Å². The molecule has 1 heterocycles. The van der Waals surface area contributed by atoms with Crippen molar-refractivity contribution in [2.45, 2.75) is 45.7 Å². The van der Waals surface area contributed by atoms with E-state index in [1.54, 1.807) is 0 Å². The predicted octanol–water partition coefficient (Wildman–Crippen LogP) is 1.57. The molecule has 0 aliphatic heterocycles. The maximum atomic E-state index is 5.89. The van der Waals surface area contributed by atoms with E-state index in [2.05, 4.69) is 18.1 Å². The summed E-state index contributed by atoms with van der Waals surface area (Å²) < 4.78 is 1.94. The summed E-state index contributed by atoms with van der Waals surface area (Å²) in [6, 6.07) is 2.06. The second-order valence-corrected chi connectivity index (χ2v) is 4.15. The van der Waals surface area contributed by atoms with Crippen LogP contribution in [0, 0.1) is 0 Å². The van der Waals surface area contributed by atoms with Gasteiger partial charge in [-0.05, 0) is 39.7 Å². The zero-order valence-electron chi connectivity index (χ0n) is 8.75. The summed E-state index contributed by atoms with van der Waals surface area (Å²) in [5, 5.41) is 4.39. The summed E-state index contributed by atoms with van der Waals surface area (Å²) in [7, 11) is 0. The van der Waals surface area contributed by atoms with E-state index in [9.17, 15) is 0 Å². The van der Waals surface area contributed by atoms with Crippen LogP contribution in [0.3, 0.4) is 0 Å². The van der Waals surface area contributed by atoms with Gasteiger partial charge >= 0.3 is 0 Å². The number of rotatable bonds is 4. The molecular formula is C10H19N3. The summed E-state index contributed by atoms with van der Waals surface area (Å²) in [5.41, 5.74) is 6.94. The zero-order chi connectivity index (χ0) is 9.90. The zero-order valence-corrected chi connectivity index (χ0v) is 8.75. The Balaban J connectivity index is 2.46. The molecule has 13 heavy (non-hydrogen) atoms. The predicted molar refractivity (Wildman–Crippen MR) is 54.5 cm³/mol. The topological polar surface area (TPSA) is 43.8 Å². The highest BCUT2D eigenvalue weighted by atomic mass is 15.3. The van der Waals surface area contributed by atoms with Gasteiger partial charge in [0.15, 0.2) is 0 Å². The van der Waals surface area contributed by atoms with Crippen molar-refractivity contribution in [3.8, 4) is 0 Å². The highest BCUT2D eigenvalue weighted by Crippen LogP contribution is 2.08. The lowest BCUT2D eigenvalue weighted by Gasteiger charge is -2.16. The van der Waals surface area contributed by atoms with Crippen molar-refractivity contribution < 1.29 is 0 Å². The Kier molecular flexibility index (Phi) is 3.09. The van der Waals surface area contributed by atoms with Crippen molar-refractivity contribution in [3.63, 3.8) is 0 Å². The second-order valence-electron chi connectivity index (χ2n) is 4.15. The van der Waals surface area contributed by atoms with Crippen LogP contribution < -0.4 is 5.73 Å². The third-order valence-corrected chi connectivity index (χ3v) is 2.05. The fourth-order valence-electron chi connectivity index (χ4n) is 1.16. The minimum Gasteiger partial charge on any atom is -0.326 e. The first kappa shape index (κ1) is 10.3. The van der Waals surface area contributed by atoms with Crippen LogP contribution in [0.4, 0.5) is 0 Å². The highest BCUT2D eigenvalue weighted by molar-refractivity contribution is 5.00. The molecule has 0 fully saturated rings. The van der Waals surface area contributed by atoms with E-state index in [0.717, 1.165) is 25.1 Å².